The van der Waals surface area contributed by atoms with Gasteiger partial charge in [0.05, 0.1) is 12.2 Å². The maximum atomic E-state index is 11.7. The van der Waals surface area contributed by atoms with Gasteiger partial charge < -0.3 is 20.1 Å². The van der Waals surface area contributed by atoms with Crippen molar-refractivity contribution in [3.8, 4) is 0 Å². The molecule has 0 unspecified atom stereocenters. The maximum absolute atomic E-state index is 11.7. The van der Waals surface area contributed by atoms with Crippen molar-refractivity contribution in [3.05, 3.63) is 38.1 Å². The molecule has 9 heteroatoms. The van der Waals surface area contributed by atoms with Crippen molar-refractivity contribution in [2.24, 2.45) is 0 Å². The topological polar surface area (TPSA) is 125 Å². The van der Waals surface area contributed by atoms with E-state index in [2.05, 4.69) is 0 Å². The standard InChI is InChI=1S/C11H13ClN2O6/c12-2-1-5-3-14(11(19)13-9(5)18)10-8(17)7(16)6(4-15)20-10/h1-3,6-8,10,15-17H,4H2,(H,13,18,19)/b2-1+/t6-,7+,8-,10-/m1/s1. The molecule has 2 rings (SSSR count). The Kier molecular flexibility index (Phi) is 4.41. The van der Waals surface area contributed by atoms with Crippen LogP contribution in [-0.2, 0) is 4.74 Å². The molecule has 1 aromatic heterocycles. The number of aliphatic hydroxyl groups excluding tert-OH is 3. The van der Waals surface area contributed by atoms with Gasteiger partial charge in [0.2, 0.25) is 0 Å². The molecule has 1 aromatic rings. The van der Waals surface area contributed by atoms with E-state index in [1.807, 2.05) is 4.98 Å². The minimum absolute atomic E-state index is 0.0809. The Morgan fingerprint density at radius 2 is 2.10 bits per heavy atom. The van der Waals surface area contributed by atoms with Crippen LogP contribution in [0.3, 0.4) is 0 Å². The number of ether oxygens (including phenoxy) is 1. The first kappa shape index (κ1) is 14.9. The van der Waals surface area contributed by atoms with Gasteiger partial charge in [-0.3, -0.25) is 14.3 Å². The predicted octanol–water partition coefficient (Wildman–Crippen LogP) is -1.64. The van der Waals surface area contributed by atoms with E-state index in [4.69, 9.17) is 21.4 Å². The number of hydrogen-bond acceptors (Lipinski definition) is 6. The van der Waals surface area contributed by atoms with Crippen molar-refractivity contribution in [2.45, 2.75) is 24.5 Å². The molecule has 1 aliphatic heterocycles. The summed E-state index contributed by atoms with van der Waals surface area (Å²) in [6, 6.07) is 0. The molecule has 2 heterocycles. The van der Waals surface area contributed by atoms with E-state index in [0.29, 0.717) is 0 Å². The van der Waals surface area contributed by atoms with Gasteiger partial charge in [-0.25, -0.2) is 4.79 Å². The van der Waals surface area contributed by atoms with Gasteiger partial charge in [0.25, 0.3) is 5.56 Å². The summed E-state index contributed by atoms with van der Waals surface area (Å²) in [7, 11) is 0. The van der Waals surface area contributed by atoms with E-state index in [9.17, 15) is 19.8 Å². The molecular weight excluding hydrogens is 292 g/mol. The zero-order chi connectivity index (χ0) is 14.9. The molecule has 1 aliphatic rings. The number of halogens is 1. The number of aliphatic hydroxyl groups is 3. The number of hydrogen-bond donors (Lipinski definition) is 4. The van der Waals surface area contributed by atoms with Gasteiger partial charge in [0, 0.05) is 11.7 Å². The number of aromatic amines is 1. The first-order chi connectivity index (χ1) is 9.49. The third-order valence-electron chi connectivity index (χ3n) is 3.03. The number of aromatic nitrogens is 2. The van der Waals surface area contributed by atoms with Gasteiger partial charge in [-0.1, -0.05) is 11.6 Å². The highest BCUT2D eigenvalue weighted by atomic mass is 35.5. The summed E-state index contributed by atoms with van der Waals surface area (Å²) in [5.74, 6) is 0. The summed E-state index contributed by atoms with van der Waals surface area (Å²) in [5, 5.41) is 28.5. The van der Waals surface area contributed by atoms with E-state index in [0.717, 1.165) is 16.3 Å². The SMILES string of the molecule is O=c1[nH]c(=O)n([C@@H]2O[C@H](CO)[C@H](O)[C@H]2O)cc1/C=C/Cl. The second-order valence-electron chi connectivity index (χ2n) is 4.27. The number of nitrogens with one attached hydrogen (secondary N) is 1. The average Bonchev–Trinajstić information content (AvgIpc) is 2.70. The lowest BCUT2D eigenvalue weighted by atomic mass is 10.1. The maximum Gasteiger partial charge on any atom is 0.330 e. The zero-order valence-electron chi connectivity index (χ0n) is 10.1. The Morgan fingerprint density at radius 1 is 1.40 bits per heavy atom. The summed E-state index contributed by atoms with van der Waals surface area (Å²) in [6.45, 7) is -0.513. The van der Waals surface area contributed by atoms with E-state index >= 15 is 0 Å². The molecule has 0 amide bonds. The Morgan fingerprint density at radius 3 is 2.65 bits per heavy atom. The summed E-state index contributed by atoms with van der Waals surface area (Å²) in [5.41, 5.74) is -0.278. The van der Waals surface area contributed by atoms with Crippen molar-refractivity contribution in [1.29, 1.82) is 0 Å². The quantitative estimate of drug-likeness (QED) is 0.531. The van der Waals surface area contributed by atoms with Crippen molar-refractivity contribution < 1.29 is 20.1 Å². The van der Waals surface area contributed by atoms with E-state index in [1.165, 1.54) is 6.08 Å². The molecule has 0 aromatic carbocycles. The molecule has 20 heavy (non-hydrogen) atoms. The molecule has 0 saturated carbocycles. The lowest BCUT2D eigenvalue weighted by Crippen LogP contribution is -2.38. The zero-order valence-corrected chi connectivity index (χ0v) is 10.9. The van der Waals surface area contributed by atoms with Gasteiger partial charge in [-0.15, -0.1) is 0 Å². The number of rotatable bonds is 3. The number of nitrogens with zero attached hydrogens (tertiary/aromatic N) is 1. The van der Waals surface area contributed by atoms with Gasteiger partial charge in [0.1, 0.15) is 18.3 Å². The molecule has 1 saturated heterocycles. The molecule has 0 aliphatic carbocycles. The van der Waals surface area contributed by atoms with E-state index in [1.54, 1.807) is 0 Å². The molecule has 1 fully saturated rings. The first-order valence-electron chi connectivity index (χ1n) is 5.74. The highest BCUT2D eigenvalue weighted by molar-refractivity contribution is 6.27. The molecule has 110 valence electrons. The lowest BCUT2D eigenvalue weighted by Gasteiger charge is -2.17. The third-order valence-corrected chi connectivity index (χ3v) is 3.16. The van der Waals surface area contributed by atoms with Gasteiger partial charge in [-0.05, 0) is 6.08 Å². The Bertz CT molecular complexity index is 624. The predicted molar refractivity (Wildman–Crippen MR) is 69.2 cm³/mol. The van der Waals surface area contributed by atoms with Crippen molar-refractivity contribution >= 4 is 17.7 Å². The van der Waals surface area contributed by atoms with Crippen LogP contribution >= 0.6 is 11.6 Å². The fraction of sp³-hybridized carbons (Fsp3) is 0.455. The third kappa shape index (κ3) is 2.56. The van der Waals surface area contributed by atoms with Crippen LogP contribution in [0.25, 0.3) is 6.08 Å². The van der Waals surface area contributed by atoms with Crippen LogP contribution < -0.4 is 11.2 Å². The molecule has 0 spiro atoms. The molecular formula is C11H13ClN2O6. The van der Waals surface area contributed by atoms with Crippen LogP contribution in [-0.4, -0.2) is 49.8 Å². The largest absolute Gasteiger partial charge is 0.394 e. The summed E-state index contributed by atoms with van der Waals surface area (Å²) in [6.07, 6.45) is -2.56. The highest BCUT2D eigenvalue weighted by Crippen LogP contribution is 2.27. The Labute approximate surface area is 117 Å². The van der Waals surface area contributed by atoms with Crippen LogP contribution in [0.4, 0.5) is 0 Å². The Hall–Kier alpha value is -1.45. The average molecular weight is 305 g/mol. The molecule has 0 bridgehead atoms. The van der Waals surface area contributed by atoms with Crippen LogP contribution in [0.5, 0.6) is 0 Å². The lowest BCUT2D eigenvalue weighted by molar-refractivity contribution is -0.0550. The second kappa shape index (κ2) is 5.90. The molecule has 0 radical (unpaired) electrons. The monoisotopic (exact) mass is 304 g/mol. The number of H-pyrrole nitrogens is 1. The summed E-state index contributed by atoms with van der Waals surface area (Å²) < 4.78 is 6.14. The fourth-order valence-electron chi connectivity index (χ4n) is 1.99. The van der Waals surface area contributed by atoms with E-state index in [-0.39, 0.29) is 5.56 Å². The normalized spacial score (nSPS) is 30.2. The minimum Gasteiger partial charge on any atom is -0.394 e. The van der Waals surface area contributed by atoms with Gasteiger partial charge >= 0.3 is 5.69 Å². The molecule has 8 nitrogen and oxygen atoms in total. The van der Waals surface area contributed by atoms with Crippen molar-refractivity contribution in [3.63, 3.8) is 0 Å². The Balaban J connectivity index is 2.46. The van der Waals surface area contributed by atoms with Gasteiger partial charge in [-0.2, -0.15) is 0 Å². The highest BCUT2D eigenvalue weighted by Gasteiger charge is 2.43. The van der Waals surface area contributed by atoms with Crippen LogP contribution in [0.1, 0.15) is 11.8 Å². The van der Waals surface area contributed by atoms with Crippen LogP contribution in [0.2, 0.25) is 0 Å². The van der Waals surface area contributed by atoms with Crippen molar-refractivity contribution in [1.82, 2.24) is 9.55 Å². The van der Waals surface area contributed by atoms with Crippen LogP contribution in [0.15, 0.2) is 21.3 Å². The second-order valence-corrected chi connectivity index (χ2v) is 4.52. The first-order valence-corrected chi connectivity index (χ1v) is 6.18. The molecule has 4 N–H and O–H groups in total. The molecule has 4 atom stereocenters. The van der Waals surface area contributed by atoms with E-state index < -0.39 is 42.4 Å². The van der Waals surface area contributed by atoms with Crippen molar-refractivity contribution in [2.75, 3.05) is 6.61 Å². The fourth-order valence-corrected chi connectivity index (χ4v) is 2.12. The van der Waals surface area contributed by atoms with Crippen LogP contribution in [0, 0.1) is 0 Å². The van der Waals surface area contributed by atoms with Gasteiger partial charge in [0.15, 0.2) is 6.23 Å². The smallest absolute Gasteiger partial charge is 0.330 e. The summed E-state index contributed by atoms with van der Waals surface area (Å²) >= 11 is 5.38. The summed E-state index contributed by atoms with van der Waals surface area (Å²) in [4.78, 5) is 25.3. The minimum atomic E-state index is -1.41.